The summed E-state index contributed by atoms with van der Waals surface area (Å²) in [5.74, 6) is 0. The molecule has 10 heteroatoms. The van der Waals surface area contributed by atoms with E-state index in [-0.39, 0.29) is 10.6 Å². The van der Waals surface area contributed by atoms with Crippen molar-refractivity contribution in [2.75, 3.05) is 4.72 Å². The van der Waals surface area contributed by atoms with Crippen molar-refractivity contribution in [2.24, 2.45) is 5.41 Å². The van der Waals surface area contributed by atoms with Gasteiger partial charge in [-0.1, -0.05) is 11.6 Å². The Morgan fingerprint density at radius 3 is 2.81 bits per heavy atom. The fourth-order valence-corrected chi connectivity index (χ4v) is 4.20. The van der Waals surface area contributed by atoms with Crippen molar-refractivity contribution in [2.45, 2.75) is 24.3 Å². The van der Waals surface area contributed by atoms with Gasteiger partial charge in [0.25, 0.3) is 10.0 Å². The Kier molecular flexibility index (Phi) is 3.88. The Hall–Kier alpha value is -3.01. The molecule has 2 N–H and O–H groups in total. The van der Waals surface area contributed by atoms with Crippen molar-refractivity contribution < 1.29 is 8.42 Å². The first-order chi connectivity index (χ1) is 12.9. The van der Waals surface area contributed by atoms with Crippen LogP contribution in [-0.4, -0.2) is 23.2 Å². The van der Waals surface area contributed by atoms with Gasteiger partial charge >= 0.3 is 0 Å². The Balaban J connectivity index is 1.65. The van der Waals surface area contributed by atoms with Crippen LogP contribution >= 0.6 is 11.6 Å². The molecule has 0 radical (unpaired) electrons. The molecular formula is C17H13ClN6O2S. The minimum atomic E-state index is -3.90. The van der Waals surface area contributed by atoms with Crippen LogP contribution < -0.4 is 4.72 Å². The van der Waals surface area contributed by atoms with Gasteiger partial charge in [0.15, 0.2) is 0 Å². The minimum Gasteiger partial charge on any atom is -0.358 e. The molecule has 0 amide bonds. The zero-order valence-corrected chi connectivity index (χ0v) is 15.5. The monoisotopic (exact) mass is 400 g/mol. The molecule has 0 atom stereocenters. The number of nitrogens with zero attached hydrogens (tertiary/aromatic N) is 4. The number of H-pyrrole nitrogens is 1. The average molecular weight is 401 g/mol. The molecule has 1 aliphatic carbocycles. The first kappa shape index (κ1) is 17.4. The van der Waals surface area contributed by atoms with E-state index in [1.807, 2.05) is 6.07 Å². The van der Waals surface area contributed by atoms with Gasteiger partial charge in [-0.2, -0.15) is 15.6 Å². The largest absolute Gasteiger partial charge is 0.358 e. The fourth-order valence-electron chi connectivity index (χ4n) is 2.92. The van der Waals surface area contributed by atoms with Gasteiger partial charge in [0, 0.05) is 17.8 Å². The van der Waals surface area contributed by atoms with E-state index in [1.54, 1.807) is 0 Å². The van der Waals surface area contributed by atoms with Crippen molar-refractivity contribution >= 4 is 38.2 Å². The van der Waals surface area contributed by atoms with Crippen LogP contribution in [0.4, 0.5) is 5.69 Å². The molecule has 0 aliphatic heterocycles. The maximum Gasteiger partial charge on any atom is 0.265 e. The van der Waals surface area contributed by atoms with Gasteiger partial charge in [-0.15, -0.1) is 0 Å². The molecule has 8 nitrogen and oxygen atoms in total. The highest BCUT2D eigenvalue weighted by molar-refractivity contribution is 7.92. The van der Waals surface area contributed by atoms with E-state index >= 15 is 0 Å². The zero-order valence-electron chi connectivity index (χ0n) is 13.9. The second kappa shape index (κ2) is 6.02. The predicted molar refractivity (Wildman–Crippen MR) is 98.3 cm³/mol. The third-order valence-corrected chi connectivity index (χ3v) is 6.26. The third-order valence-electron chi connectivity index (χ3n) is 4.62. The van der Waals surface area contributed by atoms with Crippen LogP contribution in [0.15, 0.2) is 35.6 Å². The number of nitriles is 2. The van der Waals surface area contributed by atoms with Crippen LogP contribution in [-0.2, 0) is 16.6 Å². The van der Waals surface area contributed by atoms with Crippen molar-refractivity contribution in [3.8, 4) is 12.1 Å². The first-order valence-electron chi connectivity index (χ1n) is 8.04. The van der Waals surface area contributed by atoms with E-state index in [0.717, 1.165) is 12.8 Å². The lowest BCUT2D eigenvalue weighted by Gasteiger charge is -2.08. The van der Waals surface area contributed by atoms with Crippen molar-refractivity contribution in [3.63, 3.8) is 0 Å². The lowest BCUT2D eigenvalue weighted by molar-refractivity contribution is 0.485. The lowest BCUT2D eigenvalue weighted by atomic mass is 10.1. The minimum absolute atomic E-state index is 0.00796. The lowest BCUT2D eigenvalue weighted by Crippen LogP contribution is -2.13. The molecule has 1 aromatic carbocycles. The van der Waals surface area contributed by atoms with Crippen LogP contribution in [0.25, 0.3) is 10.9 Å². The Morgan fingerprint density at radius 1 is 1.37 bits per heavy atom. The molecule has 0 bridgehead atoms. The number of fused-ring (bicyclic) bond motifs is 1. The number of rotatable bonds is 5. The molecule has 27 heavy (non-hydrogen) atoms. The van der Waals surface area contributed by atoms with E-state index < -0.39 is 15.4 Å². The standard InChI is InChI=1S/C17H13ClN6O2S/c18-13-1-2-14(16-15(13)11(5-19)6-21-16)23-27(25,26)12-7-22-24(8-12)10-17(9-20)3-4-17/h1-2,6-8,21,23H,3-4,10H2. The number of hydrogen-bond acceptors (Lipinski definition) is 5. The highest BCUT2D eigenvalue weighted by Gasteiger charge is 2.43. The van der Waals surface area contributed by atoms with Gasteiger partial charge in [0.05, 0.1) is 46.0 Å². The highest BCUT2D eigenvalue weighted by atomic mass is 35.5. The van der Waals surface area contributed by atoms with E-state index in [9.17, 15) is 13.7 Å². The van der Waals surface area contributed by atoms with Crippen LogP contribution in [0.5, 0.6) is 0 Å². The number of sulfonamides is 1. The number of halogens is 1. The van der Waals surface area contributed by atoms with Gasteiger partial charge in [0.2, 0.25) is 0 Å². The molecule has 0 spiro atoms. The number of nitrogens with one attached hydrogen (secondary N) is 2. The van der Waals surface area contributed by atoms with E-state index in [2.05, 4.69) is 20.9 Å². The van der Waals surface area contributed by atoms with Gasteiger partial charge in [-0.25, -0.2) is 8.42 Å². The summed E-state index contributed by atoms with van der Waals surface area (Å²) < 4.78 is 29.4. The molecule has 4 rings (SSSR count). The Bertz CT molecular complexity index is 1240. The maximum atomic E-state index is 12.7. The number of anilines is 1. The third kappa shape index (κ3) is 3.01. The Labute approximate surface area is 160 Å². The summed E-state index contributed by atoms with van der Waals surface area (Å²) in [6.45, 7) is 0.367. The van der Waals surface area contributed by atoms with Crippen molar-refractivity contribution in [3.05, 3.63) is 41.3 Å². The topological polar surface area (TPSA) is 127 Å². The van der Waals surface area contributed by atoms with E-state index in [0.29, 0.717) is 28.0 Å². The highest BCUT2D eigenvalue weighted by Crippen LogP contribution is 2.46. The molecule has 2 heterocycles. The normalized spacial score (nSPS) is 15.2. The van der Waals surface area contributed by atoms with Gasteiger partial charge < -0.3 is 4.98 Å². The maximum absolute atomic E-state index is 12.7. The van der Waals surface area contributed by atoms with Gasteiger partial charge in [0.1, 0.15) is 11.0 Å². The number of aromatic amines is 1. The number of hydrogen-bond donors (Lipinski definition) is 2. The smallest absolute Gasteiger partial charge is 0.265 e. The first-order valence-corrected chi connectivity index (χ1v) is 9.90. The van der Waals surface area contributed by atoms with Crippen LogP contribution in [0.3, 0.4) is 0 Å². The summed E-state index contributed by atoms with van der Waals surface area (Å²) in [6.07, 6.45) is 5.71. The quantitative estimate of drug-likeness (QED) is 0.680. The molecule has 136 valence electrons. The van der Waals surface area contributed by atoms with E-state index in [1.165, 1.54) is 35.4 Å². The van der Waals surface area contributed by atoms with Crippen molar-refractivity contribution in [1.82, 2.24) is 14.8 Å². The van der Waals surface area contributed by atoms with Crippen molar-refractivity contribution in [1.29, 1.82) is 10.5 Å². The second-order valence-corrected chi connectivity index (χ2v) is 8.62. The van der Waals surface area contributed by atoms with Crippen LogP contribution in [0, 0.1) is 28.1 Å². The predicted octanol–water partition coefficient (Wildman–Crippen LogP) is 2.99. The molecular weight excluding hydrogens is 388 g/mol. The molecule has 1 fully saturated rings. The van der Waals surface area contributed by atoms with Gasteiger partial charge in [-0.3, -0.25) is 9.40 Å². The summed E-state index contributed by atoms with van der Waals surface area (Å²) in [4.78, 5) is 2.88. The summed E-state index contributed by atoms with van der Waals surface area (Å²) >= 11 is 6.14. The SMILES string of the molecule is N#Cc1c[nH]c2c(NS(=O)(=O)c3cnn(CC4(C#N)CC4)c3)ccc(Cl)c12. The fraction of sp³-hybridized carbons (Fsp3) is 0.235. The summed E-state index contributed by atoms with van der Waals surface area (Å²) in [6, 6.07) is 7.33. The average Bonchev–Trinajstić information content (AvgIpc) is 3.06. The number of benzene rings is 1. The zero-order chi connectivity index (χ0) is 19.2. The number of aromatic nitrogens is 3. The molecule has 0 unspecified atom stereocenters. The summed E-state index contributed by atoms with van der Waals surface area (Å²) in [5.41, 5.74) is 0.603. The van der Waals surface area contributed by atoms with Gasteiger partial charge in [-0.05, 0) is 25.0 Å². The summed E-state index contributed by atoms with van der Waals surface area (Å²) in [5, 5.41) is 23.2. The second-order valence-electron chi connectivity index (χ2n) is 6.53. The molecule has 3 aromatic rings. The molecule has 1 aliphatic rings. The molecule has 2 aromatic heterocycles. The Morgan fingerprint density at radius 2 is 2.15 bits per heavy atom. The molecule has 0 saturated heterocycles. The van der Waals surface area contributed by atoms with Crippen LogP contribution in [0.2, 0.25) is 5.02 Å². The van der Waals surface area contributed by atoms with Crippen LogP contribution in [0.1, 0.15) is 18.4 Å². The summed E-state index contributed by atoms with van der Waals surface area (Å²) in [7, 11) is -3.90. The van der Waals surface area contributed by atoms with E-state index in [4.69, 9.17) is 16.9 Å². The molecule has 1 saturated carbocycles.